The highest BCUT2D eigenvalue weighted by Crippen LogP contribution is 2.11. The normalized spacial score (nSPS) is 14.5. The van der Waals surface area contributed by atoms with Crippen molar-refractivity contribution < 1.29 is 30.3 Å². The number of rotatable bonds is 3. The van der Waals surface area contributed by atoms with Gasteiger partial charge in [-0.2, -0.15) is 0 Å². The molecule has 6 nitrogen and oxygen atoms in total. The van der Waals surface area contributed by atoms with Crippen molar-refractivity contribution >= 4 is 5.78 Å². The Morgan fingerprint density at radius 1 is 1.08 bits per heavy atom. The Labute approximate surface area is 74.4 Å². The van der Waals surface area contributed by atoms with Gasteiger partial charge in [0.05, 0.1) is 0 Å². The van der Waals surface area contributed by atoms with E-state index in [9.17, 15) is 4.79 Å². The topological polar surface area (TPSA) is 118 Å². The summed E-state index contributed by atoms with van der Waals surface area (Å²) in [4.78, 5) is 10.8. The van der Waals surface area contributed by atoms with Crippen LogP contribution in [-0.2, 0) is 4.79 Å². The first-order valence-electron chi connectivity index (χ1n) is 3.40. The lowest BCUT2D eigenvalue weighted by atomic mass is 10.1. The minimum absolute atomic E-state index is 0.333. The Bertz CT molecular complexity index is 228. The Morgan fingerprint density at radius 2 is 1.46 bits per heavy atom. The predicted octanol–water partition coefficient (Wildman–Crippen LogP) is -1.60. The molecule has 0 heterocycles. The summed E-state index contributed by atoms with van der Waals surface area (Å²) in [6.07, 6.45) is 0.333. The van der Waals surface area contributed by atoms with Gasteiger partial charge in [0.25, 0.3) is 0 Å². The fourth-order valence-electron chi connectivity index (χ4n) is 0.398. The molecule has 0 unspecified atom stereocenters. The van der Waals surface area contributed by atoms with Gasteiger partial charge in [0, 0.05) is 6.08 Å². The van der Waals surface area contributed by atoms with Gasteiger partial charge in [0.1, 0.15) is 0 Å². The highest BCUT2D eigenvalue weighted by atomic mass is 16.5. The highest BCUT2D eigenvalue weighted by Gasteiger charge is 2.29. The maximum atomic E-state index is 10.8. The van der Waals surface area contributed by atoms with Crippen LogP contribution in [0.15, 0.2) is 11.8 Å². The van der Waals surface area contributed by atoms with Gasteiger partial charge in [0.15, 0.2) is 5.76 Å². The van der Waals surface area contributed by atoms with Gasteiger partial charge in [-0.25, -0.2) is 0 Å². The minimum atomic E-state index is -2.64. The van der Waals surface area contributed by atoms with E-state index in [-0.39, 0.29) is 0 Å². The number of aliphatic hydroxyl groups excluding tert-OH is 1. The Balaban J connectivity index is 4.70. The van der Waals surface area contributed by atoms with Gasteiger partial charge in [-0.3, -0.25) is 4.79 Å². The molecule has 6 heteroatoms. The summed E-state index contributed by atoms with van der Waals surface area (Å²) >= 11 is 0. The van der Waals surface area contributed by atoms with Gasteiger partial charge in [-0.1, -0.05) is 0 Å². The lowest BCUT2D eigenvalue weighted by molar-refractivity contribution is -0.171. The summed E-state index contributed by atoms with van der Waals surface area (Å²) in [7, 11) is 0. The van der Waals surface area contributed by atoms with Crippen LogP contribution in [0.2, 0.25) is 0 Å². The summed E-state index contributed by atoms with van der Waals surface area (Å²) in [5, 5.41) is 43.7. The summed E-state index contributed by atoms with van der Waals surface area (Å²) in [5.41, 5.74) is 0. The van der Waals surface area contributed by atoms with E-state index in [2.05, 4.69) is 0 Å². The van der Waals surface area contributed by atoms with E-state index in [0.29, 0.717) is 6.08 Å². The zero-order valence-electron chi connectivity index (χ0n) is 7.22. The highest BCUT2D eigenvalue weighted by molar-refractivity contribution is 5.95. The molecule has 0 bridgehead atoms. The number of hydrogen-bond acceptors (Lipinski definition) is 6. The van der Waals surface area contributed by atoms with Gasteiger partial charge in [0.2, 0.25) is 17.4 Å². The van der Waals surface area contributed by atoms with Gasteiger partial charge in [-0.15, -0.1) is 0 Å². The van der Waals surface area contributed by atoms with Crippen LogP contribution in [0.3, 0.4) is 0 Å². The maximum Gasteiger partial charge on any atom is 0.225 e. The quantitative estimate of drug-likeness (QED) is 0.209. The molecule has 13 heavy (non-hydrogen) atoms. The fourth-order valence-corrected chi connectivity index (χ4v) is 0.398. The van der Waals surface area contributed by atoms with Crippen molar-refractivity contribution in [2.45, 2.75) is 25.4 Å². The van der Waals surface area contributed by atoms with Crippen molar-refractivity contribution in [3.8, 4) is 0 Å². The molecule has 76 valence electrons. The number of carbonyl (C=O) groups excluding carboxylic acids is 1. The standard InChI is InChI=1S/C7H12O6/c1-6(10,11)4(8)3-5(9)7(2,12)13/h3,8,10-13H,1-2H3/b4-3-. The maximum absolute atomic E-state index is 10.8. The van der Waals surface area contributed by atoms with Crippen LogP contribution < -0.4 is 0 Å². The summed E-state index contributed by atoms with van der Waals surface area (Å²) in [6, 6.07) is 0. The Kier molecular flexibility index (Phi) is 3.18. The summed E-state index contributed by atoms with van der Waals surface area (Å²) < 4.78 is 0. The van der Waals surface area contributed by atoms with Gasteiger partial charge in [-0.05, 0) is 13.8 Å². The van der Waals surface area contributed by atoms with E-state index >= 15 is 0 Å². The van der Waals surface area contributed by atoms with E-state index < -0.39 is 23.1 Å². The third kappa shape index (κ3) is 4.00. The number of hydrogen-bond donors (Lipinski definition) is 5. The monoisotopic (exact) mass is 192 g/mol. The second-order valence-corrected chi connectivity index (χ2v) is 2.94. The molecule has 0 aliphatic heterocycles. The molecule has 0 fully saturated rings. The SMILES string of the molecule is CC(O)(O)C(=O)/C=C(\O)C(C)(O)O. The van der Waals surface area contributed by atoms with Crippen molar-refractivity contribution in [3.05, 3.63) is 11.8 Å². The fraction of sp³-hybridized carbons (Fsp3) is 0.571. The zero-order valence-corrected chi connectivity index (χ0v) is 7.22. The Hall–Kier alpha value is -0.950. The molecule has 0 spiro atoms. The molecule has 0 saturated heterocycles. The molecular weight excluding hydrogens is 180 g/mol. The van der Waals surface area contributed by atoms with Crippen molar-refractivity contribution in [3.63, 3.8) is 0 Å². The predicted molar refractivity (Wildman–Crippen MR) is 41.4 cm³/mol. The molecule has 0 aliphatic rings. The third-order valence-corrected chi connectivity index (χ3v) is 1.22. The van der Waals surface area contributed by atoms with Crippen LogP contribution in [0.1, 0.15) is 13.8 Å². The van der Waals surface area contributed by atoms with Crippen molar-refractivity contribution in [1.29, 1.82) is 0 Å². The first kappa shape index (κ1) is 12.0. The van der Waals surface area contributed by atoms with Crippen LogP contribution in [0, 0.1) is 0 Å². The van der Waals surface area contributed by atoms with Crippen LogP contribution in [0.4, 0.5) is 0 Å². The smallest absolute Gasteiger partial charge is 0.225 e. The molecule has 0 radical (unpaired) electrons. The lowest BCUT2D eigenvalue weighted by Gasteiger charge is -2.16. The van der Waals surface area contributed by atoms with Crippen molar-refractivity contribution in [2.24, 2.45) is 0 Å². The number of carbonyl (C=O) groups is 1. The minimum Gasteiger partial charge on any atom is -0.507 e. The second-order valence-electron chi connectivity index (χ2n) is 2.94. The molecule has 0 saturated carbocycles. The molecule has 0 aromatic rings. The molecule has 0 amide bonds. The first-order valence-corrected chi connectivity index (χ1v) is 3.40. The third-order valence-electron chi connectivity index (χ3n) is 1.22. The van der Waals surface area contributed by atoms with Crippen LogP contribution in [0.5, 0.6) is 0 Å². The van der Waals surface area contributed by atoms with E-state index in [4.69, 9.17) is 25.5 Å². The lowest BCUT2D eigenvalue weighted by Crippen LogP contribution is -2.35. The molecule has 0 atom stereocenters. The zero-order chi connectivity index (χ0) is 10.9. The Morgan fingerprint density at radius 3 is 1.69 bits per heavy atom. The van der Waals surface area contributed by atoms with Crippen LogP contribution in [0.25, 0.3) is 0 Å². The van der Waals surface area contributed by atoms with Crippen molar-refractivity contribution in [1.82, 2.24) is 0 Å². The first-order chi connectivity index (χ1) is 5.55. The summed E-state index contributed by atoms with van der Waals surface area (Å²) in [5.74, 6) is -7.52. The van der Waals surface area contributed by atoms with Crippen molar-refractivity contribution in [2.75, 3.05) is 0 Å². The number of aliphatic hydroxyl groups is 5. The summed E-state index contributed by atoms with van der Waals surface area (Å²) in [6.45, 7) is 1.60. The molecule has 0 aromatic heterocycles. The van der Waals surface area contributed by atoms with Gasteiger partial charge >= 0.3 is 0 Å². The molecule has 0 rings (SSSR count). The number of ketones is 1. The van der Waals surface area contributed by atoms with Crippen LogP contribution in [-0.4, -0.2) is 42.9 Å². The van der Waals surface area contributed by atoms with E-state index in [1.54, 1.807) is 0 Å². The van der Waals surface area contributed by atoms with E-state index in [1.165, 1.54) is 0 Å². The van der Waals surface area contributed by atoms with E-state index in [1.807, 2.05) is 0 Å². The second kappa shape index (κ2) is 3.43. The van der Waals surface area contributed by atoms with Crippen LogP contribution >= 0.6 is 0 Å². The molecule has 0 aromatic carbocycles. The van der Waals surface area contributed by atoms with E-state index in [0.717, 1.165) is 13.8 Å². The van der Waals surface area contributed by atoms with Gasteiger partial charge < -0.3 is 25.5 Å². The largest absolute Gasteiger partial charge is 0.507 e. The molecular formula is C7H12O6. The molecule has 5 N–H and O–H groups in total. The molecule has 0 aliphatic carbocycles. The average Bonchev–Trinajstić information content (AvgIpc) is 1.82. The average molecular weight is 192 g/mol.